The first-order chi connectivity index (χ1) is 12.5. The van der Waals surface area contributed by atoms with E-state index in [0.29, 0.717) is 25.2 Å². The normalized spacial score (nSPS) is 13.0. The van der Waals surface area contributed by atoms with Crippen LogP contribution in [-0.2, 0) is 17.8 Å². The Morgan fingerprint density at radius 2 is 2.00 bits per heavy atom. The van der Waals surface area contributed by atoms with E-state index >= 15 is 0 Å². The van der Waals surface area contributed by atoms with Gasteiger partial charge in [-0.05, 0) is 35.7 Å². The first kappa shape index (κ1) is 17.6. The quantitative estimate of drug-likeness (QED) is 0.675. The number of amides is 2. The lowest BCUT2D eigenvalue weighted by Crippen LogP contribution is -2.35. The molecule has 3 rings (SSSR count). The monoisotopic (exact) mass is 353 g/mol. The van der Waals surface area contributed by atoms with E-state index in [0.717, 1.165) is 12.0 Å². The molecule has 0 saturated carbocycles. The number of carbonyl (C=O) groups is 2. The lowest BCUT2D eigenvalue weighted by molar-refractivity contribution is -0.384. The number of hydrogen-bond acceptors (Lipinski definition) is 4. The van der Waals surface area contributed by atoms with Crippen molar-refractivity contribution in [1.82, 2.24) is 4.90 Å². The Morgan fingerprint density at radius 3 is 2.73 bits per heavy atom. The van der Waals surface area contributed by atoms with E-state index in [1.807, 2.05) is 30.0 Å². The highest BCUT2D eigenvalue weighted by atomic mass is 16.6. The number of rotatable bonds is 4. The van der Waals surface area contributed by atoms with Gasteiger partial charge < -0.3 is 10.2 Å². The van der Waals surface area contributed by atoms with E-state index in [9.17, 15) is 19.7 Å². The van der Waals surface area contributed by atoms with Gasteiger partial charge in [-0.25, -0.2) is 0 Å². The molecule has 0 fully saturated rings. The van der Waals surface area contributed by atoms with E-state index < -0.39 is 10.8 Å². The zero-order valence-corrected chi connectivity index (χ0v) is 14.4. The average molecular weight is 353 g/mol. The molecule has 0 bridgehead atoms. The molecule has 1 N–H and O–H groups in total. The van der Waals surface area contributed by atoms with E-state index in [-0.39, 0.29) is 17.2 Å². The molecule has 2 aromatic rings. The smallest absolute Gasteiger partial charge is 0.270 e. The summed E-state index contributed by atoms with van der Waals surface area (Å²) in [4.78, 5) is 36.4. The maximum absolute atomic E-state index is 12.4. The van der Waals surface area contributed by atoms with Crippen molar-refractivity contribution in [1.29, 1.82) is 0 Å². The third kappa shape index (κ3) is 3.72. The molecule has 26 heavy (non-hydrogen) atoms. The zero-order valence-electron chi connectivity index (χ0n) is 14.4. The summed E-state index contributed by atoms with van der Waals surface area (Å²) in [5, 5.41) is 13.6. The molecule has 1 aliphatic rings. The van der Waals surface area contributed by atoms with Crippen LogP contribution in [0.1, 0.15) is 34.8 Å². The van der Waals surface area contributed by atoms with Crippen molar-refractivity contribution in [2.24, 2.45) is 0 Å². The van der Waals surface area contributed by atoms with Gasteiger partial charge in [-0.1, -0.05) is 19.1 Å². The highest BCUT2D eigenvalue weighted by Crippen LogP contribution is 2.24. The summed E-state index contributed by atoms with van der Waals surface area (Å²) in [7, 11) is 0. The molecule has 0 saturated heterocycles. The van der Waals surface area contributed by atoms with Crippen LogP contribution in [0.15, 0.2) is 42.5 Å². The summed E-state index contributed by atoms with van der Waals surface area (Å²) in [6, 6.07) is 11.2. The highest BCUT2D eigenvalue weighted by molar-refractivity contribution is 6.04. The molecule has 1 heterocycles. The van der Waals surface area contributed by atoms with Gasteiger partial charge in [-0.2, -0.15) is 0 Å². The largest absolute Gasteiger partial charge is 0.338 e. The van der Waals surface area contributed by atoms with Gasteiger partial charge >= 0.3 is 0 Å². The number of nitro benzene ring substituents is 1. The predicted octanol–water partition coefficient (Wildman–Crippen LogP) is 3.14. The van der Waals surface area contributed by atoms with Crippen LogP contribution in [0.5, 0.6) is 0 Å². The summed E-state index contributed by atoms with van der Waals surface area (Å²) in [6.45, 7) is 3.08. The van der Waals surface area contributed by atoms with Crippen molar-refractivity contribution in [2.45, 2.75) is 26.3 Å². The van der Waals surface area contributed by atoms with Gasteiger partial charge in [-0.15, -0.1) is 0 Å². The fraction of sp³-hybridized carbons (Fsp3) is 0.263. The maximum Gasteiger partial charge on any atom is 0.270 e. The van der Waals surface area contributed by atoms with Gasteiger partial charge in [0.15, 0.2) is 0 Å². The van der Waals surface area contributed by atoms with Gasteiger partial charge in [-0.3, -0.25) is 19.7 Å². The van der Waals surface area contributed by atoms with Gasteiger partial charge in [0.05, 0.1) is 4.92 Å². The van der Waals surface area contributed by atoms with Gasteiger partial charge in [0.25, 0.3) is 11.6 Å². The molecule has 0 aromatic heterocycles. The fourth-order valence-electron chi connectivity index (χ4n) is 3.04. The summed E-state index contributed by atoms with van der Waals surface area (Å²) < 4.78 is 0. The highest BCUT2D eigenvalue weighted by Gasteiger charge is 2.20. The maximum atomic E-state index is 12.4. The van der Waals surface area contributed by atoms with Gasteiger partial charge in [0.1, 0.15) is 0 Å². The Labute approximate surface area is 150 Å². The lowest BCUT2D eigenvalue weighted by Gasteiger charge is -2.29. The molecule has 0 unspecified atom stereocenters. The van der Waals surface area contributed by atoms with E-state index in [1.54, 1.807) is 0 Å². The molecular weight excluding hydrogens is 334 g/mol. The van der Waals surface area contributed by atoms with Crippen LogP contribution in [0.25, 0.3) is 0 Å². The third-order valence-electron chi connectivity index (χ3n) is 4.45. The molecule has 134 valence electrons. The topological polar surface area (TPSA) is 92.6 Å². The molecule has 0 aliphatic carbocycles. The number of nitrogens with one attached hydrogen (secondary N) is 1. The van der Waals surface area contributed by atoms with Crippen LogP contribution in [0.3, 0.4) is 0 Å². The Morgan fingerprint density at radius 1 is 1.19 bits per heavy atom. The van der Waals surface area contributed by atoms with Crippen molar-refractivity contribution in [3.63, 3.8) is 0 Å². The molecule has 0 spiro atoms. The number of carbonyl (C=O) groups excluding carboxylic acids is 2. The predicted molar refractivity (Wildman–Crippen MR) is 96.9 cm³/mol. The number of hydrogen-bond donors (Lipinski definition) is 1. The number of non-ortho nitro benzene ring substituents is 1. The summed E-state index contributed by atoms with van der Waals surface area (Å²) in [6.07, 6.45) is 1.26. The Hall–Kier alpha value is -3.22. The second kappa shape index (κ2) is 7.35. The summed E-state index contributed by atoms with van der Waals surface area (Å²) >= 11 is 0. The van der Waals surface area contributed by atoms with Crippen LogP contribution in [0.4, 0.5) is 11.4 Å². The van der Waals surface area contributed by atoms with Crippen LogP contribution >= 0.6 is 0 Å². The SMILES string of the molecule is CCC(=O)N1CCc2ccc(NC(=O)c3cccc([N+](=O)[O-])c3)cc2C1. The molecule has 0 atom stereocenters. The Bertz CT molecular complexity index is 879. The van der Waals surface area contributed by atoms with Crippen molar-refractivity contribution in [3.8, 4) is 0 Å². The van der Waals surface area contributed by atoms with Crippen molar-refractivity contribution < 1.29 is 14.5 Å². The Kier molecular flexibility index (Phi) is 4.97. The minimum absolute atomic E-state index is 0.113. The third-order valence-corrected chi connectivity index (χ3v) is 4.45. The summed E-state index contributed by atoms with van der Waals surface area (Å²) in [5.41, 5.74) is 2.87. The molecule has 7 heteroatoms. The van der Waals surface area contributed by atoms with Crippen LogP contribution in [0.2, 0.25) is 0 Å². The van der Waals surface area contributed by atoms with E-state index in [2.05, 4.69) is 5.32 Å². The number of nitrogens with zero attached hydrogens (tertiary/aromatic N) is 2. The van der Waals surface area contributed by atoms with Crippen LogP contribution < -0.4 is 5.32 Å². The standard InChI is InChI=1S/C19H19N3O4/c1-2-18(23)21-9-8-13-6-7-16(10-15(13)12-21)20-19(24)14-4-3-5-17(11-14)22(25)26/h3-7,10-11H,2,8-9,12H2,1H3,(H,20,24). The zero-order chi connectivity index (χ0) is 18.7. The summed E-state index contributed by atoms with van der Waals surface area (Å²) in [5.74, 6) is -0.298. The first-order valence-electron chi connectivity index (χ1n) is 8.43. The van der Waals surface area contributed by atoms with Gasteiger partial charge in [0, 0.05) is 42.9 Å². The van der Waals surface area contributed by atoms with Crippen molar-refractivity contribution >= 4 is 23.2 Å². The van der Waals surface area contributed by atoms with Crippen molar-refractivity contribution in [2.75, 3.05) is 11.9 Å². The number of anilines is 1. The number of nitro groups is 1. The van der Waals surface area contributed by atoms with Crippen LogP contribution in [0, 0.1) is 10.1 Å². The van der Waals surface area contributed by atoms with E-state index in [4.69, 9.17) is 0 Å². The minimum Gasteiger partial charge on any atom is -0.338 e. The lowest BCUT2D eigenvalue weighted by atomic mass is 9.98. The second-order valence-corrected chi connectivity index (χ2v) is 6.16. The molecule has 0 radical (unpaired) electrons. The minimum atomic E-state index is -0.533. The first-order valence-corrected chi connectivity index (χ1v) is 8.43. The number of benzene rings is 2. The molecular formula is C19H19N3O4. The molecule has 2 amide bonds. The van der Waals surface area contributed by atoms with Gasteiger partial charge in [0.2, 0.25) is 5.91 Å². The van der Waals surface area contributed by atoms with E-state index in [1.165, 1.54) is 29.8 Å². The molecule has 1 aliphatic heterocycles. The van der Waals surface area contributed by atoms with Crippen molar-refractivity contribution in [3.05, 3.63) is 69.3 Å². The second-order valence-electron chi connectivity index (χ2n) is 6.16. The molecule has 2 aromatic carbocycles. The molecule has 7 nitrogen and oxygen atoms in total. The fourth-order valence-corrected chi connectivity index (χ4v) is 3.04. The average Bonchev–Trinajstić information content (AvgIpc) is 2.66. The van der Waals surface area contributed by atoms with Crippen LogP contribution in [-0.4, -0.2) is 28.2 Å². The number of fused-ring (bicyclic) bond motifs is 1. The Balaban J connectivity index is 1.77.